The molecule has 1 spiro atoms. The van der Waals surface area contributed by atoms with E-state index < -0.39 is 23.7 Å². The first-order valence-electron chi connectivity index (χ1n) is 11.4. The van der Waals surface area contributed by atoms with Gasteiger partial charge in [-0.3, -0.25) is 19.3 Å². The first kappa shape index (κ1) is 23.3. The van der Waals surface area contributed by atoms with Gasteiger partial charge in [0.25, 0.3) is 5.91 Å². The van der Waals surface area contributed by atoms with Crippen LogP contribution in [0.1, 0.15) is 37.8 Å². The monoisotopic (exact) mass is 460 g/mol. The summed E-state index contributed by atoms with van der Waals surface area (Å²) in [5.74, 6) is -0.462. The van der Waals surface area contributed by atoms with Crippen LogP contribution in [0, 0.1) is 12.5 Å². The highest BCUT2D eigenvalue weighted by atomic mass is 16.5. The summed E-state index contributed by atoms with van der Waals surface area (Å²) in [7, 11) is 0. The van der Waals surface area contributed by atoms with Gasteiger partial charge in [-0.15, -0.1) is 0 Å². The fourth-order valence-corrected chi connectivity index (χ4v) is 4.76. The van der Waals surface area contributed by atoms with Crippen LogP contribution >= 0.6 is 0 Å². The molecule has 8 heteroatoms. The molecule has 0 saturated carbocycles. The van der Waals surface area contributed by atoms with Crippen molar-refractivity contribution in [3.05, 3.63) is 77.1 Å². The number of likely N-dealkylation sites (tertiary alicyclic amines) is 1. The fraction of sp³-hybridized carbons (Fsp3) is 0.385. The predicted octanol–water partition coefficient (Wildman–Crippen LogP) is 3.70. The topological polar surface area (TPSA) is 92.1 Å². The minimum atomic E-state index is -0.961. The second-order valence-electron chi connectivity index (χ2n) is 9.25. The Kier molecular flexibility index (Phi) is 6.55. The summed E-state index contributed by atoms with van der Waals surface area (Å²) < 4.78 is 5.32. The van der Waals surface area contributed by atoms with Crippen LogP contribution in [0.5, 0.6) is 0 Å². The number of carbonyl (C=O) groups excluding carboxylic acids is 3. The molecule has 1 saturated heterocycles. The van der Waals surface area contributed by atoms with E-state index in [1.165, 1.54) is 4.90 Å². The van der Waals surface area contributed by atoms with Gasteiger partial charge < -0.3 is 15.4 Å². The lowest BCUT2D eigenvalue weighted by atomic mass is 9.80. The number of amides is 3. The normalized spacial score (nSPS) is 21.6. The highest BCUT2D eigenvalue weighted by molar-refractivity contribution is 6.07. The zero-order valence-electron chi connectivity index (χ0n) is 19.3. The number of ether oxygens (including phenoxy) is 1. The first-order valence-corrected chi connectivity index (χ1v) is 11.4. The molecule has 176 valence electrons. The quantitative estimate of drug-likeness (QED) is 0.643. The number of hydrogen-bond donors (Lipinski definition) is 2. The Morgan fingerprint density at radius 3 is 2.62 bits per heavy atom. The Morgan fingerprint density at radius 1 is 1.21 bits per heavy atom. The average Bonchev–Trinajstić information content (AvgIpc) is 3.35. The van der Waals surface area contributed by atoms with Crippen molar-refractivity contribution < 1.29 is 19.1 Å². The minimum Gasteiger partial charge on any atom is -0.445 e. The molecule has 2 N–H and O–H groups in total. The van der Waals surface area contributed by atoms with Crippen LogP contribution in [-0.2, 0) is 26.3 Å². The third-order valence-corrected chi connectivity index (χ3v) is 6.40. The van der Waals surface area contributed by atoms with E-state index in [2.05, 4.69) is 15.5 Å². The zero-order chi connectivity index (χ0) is 24.3. The van der Waals surface area contributed by atoms with Gasteiger partial charge in [-0.1, -0.05) is 62.4 Å². The molecule has 0 aromatic heterocycles. The maximum Gasteiger partial charge on any atom is 0.408 e. The number of nitrogens with zero attached hydrogens (tertiary/aromatic N) is 2. The van der Waals surface area contributed by atoms with Crippen LogP contribution in [0.25, 0.3) is 4.85 Å². The Labute approximate surface area is 199 Å². The highest BCUT2D eigenvalue weighted by Gasteiger charge is 2.59. The molecule has 0 aliphatic carbocycles. The lowest BCUT2D eigenvalue weighted by molar-refractivity contribution is -0.134. The maximum atomic E-state index is 13.6. The minimum absolute atomic E-state index is 0.0870. The molecule has 0 bridgehead atoms. The van der Waals surface area contributed by atoms with Crippen LogP contribution in [0.15, 0.2) is 54.6 Å². The standard InChI is InChI=1S/C26H28N4O4/c1-17(2)13-21(29-25(33)34-15-18-9-5-4-6-10-18)23(31)30-16-26(14-22(30)27-3)19-11-7-8-12-20(19)28-24(26)32/h4-12,17,21-22H,13-16H2,1-2H3,(H,28,32)(H,29,33). The molecule has 34 heavy (non-hydrogen) atoms. The van der Waals surface area contributed by atoms with Gasteiger partial charge in [0.1, 0.15) is 18.1 Å². The molecule has 2 aliphatic rings. The second kappa shape index (κ2) is 9.56. The third-order valence-electron chi connectivity index (χ3n) is 6.40. The van der Waals surface area contributed by atoms with Gasteiger partial charge in [-0.2, -0.15) is 0 Å². The maximum absolute atomic E-state index is 13.6. The SMILES string of the molecule is [C-]#[N+]C1CC2(CN1C(=O)C(CC(C)C)NC(=O)OCc1ccccc1)C(=O)Nc1ccccc12. The van der Waals surface area contributed by atoms with Gasteiger partial charge in [0, 0.05) is 12.2 Å². The van der Waals surface area contributed by atoms with Gasteiger partial charge in [0.05, 0.1) is 6.42 Å². The number of carbonyl (C=O) groups is 3. The molecule has 8 nitrogen and oxygen atoms in total. The zero-order valence-corrected chi connectivity index (χ0v) is 19.3. The third kappa shape index (κ3) is 4.46. The Bertz CT molecular complexity index is 1130. The number of fused-ring (bicyclic) bond motifs is 2. The van der Waals surface area contributed by atoms with E-state index in [9.17, 15) is 14.4 Å². The van der Waals surface area contributed by atoms with Gasteiger partial charge in [0.15, 0.2) is 0 Å². The smallest absolute Gasteiger partial charge is 0.408 e. The fourth-order valence-electron chi connectivity index (χ4n) is 4.76. The molecule has 3 atom stereocenters. The van der Waals surface area contributed by atoms with E-state index in [0.717, 1.165) is 11.1 Å². The molecule has 1 fully saturated rings. The van der Waals surface area contributed by atoms with Crippen molar-refractivity contribution in [3.63, 3.8) is 0 Å². The number of hydrogen-bond acceptors (Lipinski definition) is 4. The molecule has 2 aromatic carbocycles. The van der Waals surface area contributed by atoms with Gasteiger partial charge in [0.2, 0.25) is 5.91 Å². The molecule has 4 rings (SSSR count). The molecular weight excluding hydrogens is 432 g/mol. The highest BCUT2D eigenvalue weighted by Crippen LogP contribution is 2.46. The molecule has 2 heterocycles. The molecular formula is C26H28N4O4. The second-order valence-corrected chi connectivity index (χ2v) is 9.25. The number of alkyl carbamates (subject to hydrolysis) is 1. The average molecular weight is 461 g/mol. The van der Waals surface area contributed by atoms with Gasteiger partial charge in [-0.05, 0) is 29.5 Å². The summed E-state index contributed by atoms with van der Waals surface area (Å²) in [5.41, 5.74) is 1.40. The summed E-state index contributed by atoms with van der Waals surface area (Å²) >= 11 is 0. The number of benzene rings is 2. The first-order chi connectivity index (χ1) is 16.3. The van der Waals surface area contributed by atoms with Crippen molar-refractivity contribution in [1.29, 1.82) is 0 Å². The summed E-state index contributed by atoms with van der Waals surface area (Å²) in [6.45, 7) is 11.8. The Hall–Kier alpha value is -3.86. The summed E-state index contributed by atoms with van der Waals surface area (Å²) in [6.07, 6.45) is -0.880. The Morgan fingerprint density at radius 2 is 1.91 bits per heavy atom. The number of nitrogens with one attached hydrogen (secondary N) is 2. The molecule has 3 unspecified atom stereocenters. The predicted molar refractivity (Wildman–Crippen MR) is 126 cm³/mol. The summed E-state index contributed by atoms with van der Waals surface area (Å²) in [6, 6.07) is 15.8. The van der Waals surface area contributed by atoms with Crippen LogP contribution < -0.4 is 10.6 Å². The summed E-state index contributed by atoms with van der Waals surface area (Å²) in [5, 5.41) is 5.58. The van der Waals surface area contributed by atoms with E-state index in [4.69, 9.17) is 11.3 Å². The summed E-state index contributed by atoms with van der Waals surface area (Å²) in [4.78, 5) is 44.2. The van der Waals surface area contributed by atoms with Crippen molar-refractivity contribution in [2.45, 2.75) is 50.9 Å². The van der Waals surface area contributed by atoms with Crippen molar-refractivity contribution in [2.24, 2.45) is 5.92 Å². The van der Waals surface area contributed by atoms with Crippen molar-refractivity contribution >= 4 is 23.6 Å². The van der Waals surface area contributed by atoms with Crippen molar-refractivity contribution in [3.8, 4) is 0 Å². The lowest BCUT2D eigenvalue weighted by Gasteiger charge is -2.26. The largest absolute Gasteiger partial charge is 0.445 e. The molecule has 3 amide bonds. The Balaban J connectivity index is 1.51. The number of para-hydroxylation sites is 1. The van der Waals surface area contributed by atoms with Crippen LogP contribution in [0.2, 0.25) is 0 Å². The number of rotatable bonds is 6. The molecule has 2 aromatic rings. The van der Waals surface area contributed by atoms with Crippen LogP contribution in [0.4, 0.5) is 10.5 Å². The number of anilines is 1. The molecule has 2 aliphatic heterocycles. The van der Waals surface area contributed by atoms with E-state index in [0.29, 0.717) is 12.1 Å². The molecule has 0 radical (unpaired) electrons. The van der Waals surface area contributed by atoms with E-state index in [1.54, 1.807) is 0 Å². The van der Waals surface area contributed by atoms with Gasteiger partial charge in [-0.25, -0.2) is 11.4 Å². The lowest BCUT2D eigenvalue weighted by Crippen LogP contribution is -2.51. The van der Waals surface area contributed by atoms with Gasteiger partial charge >= 0.3 is 12.3 Å². The van der Waals surface area contributed by atoms with E-state index in [1.807, 2.05) is 68.4 Å². The van der Waals surface area contributed by atoms with Crippen LogP contribution in [0.3, 0.4) is 0 Å². The van der Waals surface area contributed by atoms with E-state index in [-0.39, 0.29) is 37.3 Å². The van der Waals surface area contributed by atoms with Crippen molar-refractivity contribution in [1.82, 2.24) is 10.2 Å². The van der Waals surface area contributed by atoms with E-state index >= 15 is 0 Å². The van der Waals surface area contributed by atoms with Crippen molar-refractivity contribution in [2.75, 3.05) is 11.9 Å². The van der Waals surface area contributed by atoms with Crippen LogP contribution in [-0.4, -0.2) is 41.6 Å².